The molecule has 0 spiro atoms. The summed E-state index contributed by atoms with van der Waals surface area (Å²) in [6, 6.07) is 0. The molecule has 2 fully saturated rings. The van der Waals surface area contributed by atoms with Gasteiger partial charge in [0.15, 0.2) is 9.84 Å². The molecule has 0 bridgehead atoms. The van der Waals surface area contributed by atoms with Crippen LogP contribution in [-0.2, 0) is 19.4 Å². The van der Waals surface area contributed by atoms with Crippen molar-refractivity contribution in [3.63, 3.8) is 0 Å². The minimum absolute atomic E-state index is 0.0161. The number of Topliss-reactive ketones (excluding diaryl/α,β-unsaturated/α-hetero) is 1. The van der Waals surface area contributed by atoms with Crippen molar-refractivity contribution in [2.75, 3.05) is 24.7 Å². The zero-order valence-electron chi connectivity index (χ0n) is 8.26. The smallest absolute Gasteiger partial charge is 0.153 e. The van der Waals surface area contributed by atoms with Crippen LogP contribution in [0.1, 0.15) is 6.42 Å². The lowest BCUT2D eigenvalue weighted by Gasteiger charge is -2.27. The lowest BCUT2D eigenvalue weighted by Crippen LogP contribution is -2.38. The number of sulfone groups is 1. The Kier molecular flexibility index (Phi) is 2.83. The molecule has 86 valence electrons. The van der Waals surface area contributed by atoms with Crippen LogP contribution in [0.25, 0.3) is 0 Å². The molecule has 2 aliphatic heterocycles. The Labute approximate surface area is 88.3 Å². The van der Waals surface area contributed by atoms with Crippen LogP contribution in [0.15, 0.2) is 0 Å². The van der Waals surface area contributed by atoms with E-state index in [9.17, 15) is 18.3 Å². The zero-order chi connectivity index (χ0) is 11.1. The first-order valence-electron chi connectivity index (χ1n) is 4.98. The summed E-state index contributed by atoms with van der Waals surface area (Å²) < 4.78 is 27.7. The maximum atomic E-state index is 11.6. The van der Waals surface area contributed by atoms with E-state index in [4.69, 9.17) is 4.74 Å². The third kappa shape index (κ3) is 2.21. The summed E-state index contributed by atoms with van der Waals surface area (Å²) >= 11 is 0. The molecule has 0 aromatic heterocycles. The normalized spacial score (nSPS) is 40.6. The third-order valence-corrected chi connectivity index (χ3v) is 4.83. The maximum Gasteiger partial charge on any atom is 0.153 e. The highest BCUT2D eigenvalue weighted by Crippen LogP contribution is 2.29. The first-order chi connectivity index (χ1) is 6.99. The highest BCUT2D eigenvalue weighted by atomic mass is 32.2. The summed E-state index contributed by atoms with van der Waals surface area (Å²) in [5, 5.41) is 9.61. The van der Waals surface area contributed by atoms with Crippen molar-refractivity contribution in [3.8, 4) is 0 Å². The lowest BCUT2D eigenvalue weighted by molar-refractivity contribution is -0.134. The van der Waals surface area contributed by atoms with Gasteiger partial charge in [-0.15, -0.1) is 0 Å². The molecule has 0 radical (unpaired) electrons. The molecule has 0 aromatic rings. The van der Waals surface area contributed by atoms with Gasteiger partial charge in [0, 0.05) is 18.3 Å². The predicted molar refractivity (Wildman–Crippen MR) is 52.1 cm³/mol. The van der Waals surface area contributed by atoms with Crippen LogP contribution in [-0.4, -0.2) is 50.1 Å². The average molecular weight is 234 g/mol. The number of rotatable bonds is 1. The van der Waals surface area contributed by atoms with Gasteiger partial charge < -0.3 is 9.84 Å². The van der Waals surface area contributed by atoms with Crippen LogP contribution in [0.2, 0.25) is 0 Å². The second kappa shape index (κ2) is 3.84. The van der Waals surface area contributed by atoms with Crippen LogP contribution < -0.4 is 0 Å². The molecule has 0 amide bonds. The second-order valence-corrected chi connectivity index (χ2v) is 6.36. The number of aliphatic hydroxyl groups excluding tert-OH is 1. The number of ether oxygens (including phenoxy) is 1. The van der Waals surface area contributed by atoms with E-state index in [0.29, 0.717) is 13.0 Å². The first kappa shape index (κ1) is 11.0. The van der Waals surface area contributed by atoms with Crippen molar-refractivity contribution in [3.05, 3.63) is 0 Å². The van der Waals surface area contributed by atoms with Crippen molar-refractivity contribution in [2.24, 2.45) is 11.8 Å². The minimum Gasteiger partial charge on any atom is -0.392 e. The third-order valence-electron chi connectivity index (χ3n) is 3.09. The largest absolute Gasteiger partial charge is 0.392 e. The van der Waals surface area contributed by atoms with E-state index in [1.54, 1.807) is 0 Å². The van der Waals surface area contributed by atoms with E-state index in [1.165, 1.54) is 0 Å². The molecular formula is C9H14O5S. The molecule has 0 aliphatic carbocycles. The molecule has 2 saturated heterocycles. The van der Waals surface area contributed by atoms with E-state index in [2.05, 4.69) is 0 Å². The summed E-state index contributed by atoms with van der Waals surface area (Å²) in [5.41, 5.74) is 0. The Hall–Kier alpha value is -0.460. The van der Waals surface area contributed by atoms with Gasteiger partial charge in [-0.05, 0) is 0 Å². The summed E-state index contributed by atoms with van der Waals surface area (Å²) in [7, 11) is -3.18. The number of carbonyl (C=O) groups is 1. The molecule has 2 rings (SSSR count). The Bertz CT molecular complexity index is 361. The van der Waals surface area contributed by atoms with Crippen molar-refractivity contribution < 1.29 is 23.1 Å². The topological polar surface area (TPSA) is 80.7 Å². The minimum atomic E-state index is -3.18. The van der Waals surface area contributed by atoms with E-state index < -0.39 is 27.8 Å². The summed E-state index contributed by atoms with van der Waals surface area (Å²) in [5.74, 6) is -1.20. The SMILES string of the molecule is O=C1CCOCC1C1CS(=O)(=O)CC1O. The van der Waals surface area contributed by atoms with Crippen molar-refractivity contribution >= 4 is 15.6 Å². The molecule has 3 atom stereocenters. The number of hydrogen-bond donors (Lipinski definition) is 1. The van der Waals surface area contributed by atoms with Gasteiger partial charge in [0.1, 0.15) is 5.78 Å². The summed E-state index contributed by atoms with van der Waals surface area (Å²) in [6.07, 6.45) is -0.584. The second-order valence-electron chi connectivity index (χ2n) is 4.21. The predicted octanol–water partition coefficient (Wildman–Crippen LogP) is -1.00. The molecule has 15 heavy (non-hydrogen) atoms. The lowest BCUT2D eigenvalue weighted by atomic mass is 9.85. The number of aliphatic hydroxyl groups is 1. The molecule has 0 saturated carbocycles. The van der Waals surface area contributed by atoms with Gasteiger partial charge >= 0.3 is 0 Å². The van der Waals surface area contributed by atoms with Gasteiger partial charge in [-0.2, -0.15) is 0 Å². The molecule has 2 aliphatic rings. The van der Waals surface area contributed by atoms with Crippen molar-refractivity contribution in [2.45, 2.75) is 12.5 Å². The van der Waals surface area contributed by atoms with Gasteiger partial charge in [0.25, 0.3) is 0 Å². The molecule has 5 nitrogen and oxygen atoms in total. The van der Waals surface area contributed by atoms with Gasteiger partial charge in [-0.1, -0.05) is 0 Å². The number of ketones is 1. The fourth-order valence-corrected chi connectivity index (χ4v) is 4.21. The van der Waals surface area contributed by atoms with Crippen molar-refractivity contribution in [1.82, 2.24) is 0 Å². The standard InChI is InChI=1S/C9H14O5S/c10-8-1-2-14-3-6(8)7-4-15(12,13)5-9(7)11/h6-7,9,11H,1-5H2. The molecule has 3 unspecified atom stereocenters. The fourth-order valence-electron chi connectivity index (χ4n) is 2.26. The molecule has 1 N–H and O–H groups in total. The van der Waals surface area contributed by atoms with Gasteiger partial charge in [0.05, 0.1) is 30.8 Å². The van der Waals surface area contributed by atoms with Crippen LogP contribution in [0.4, 0.5) is 0 Å². The maximum absolute atomic E-state index is 11.6. The van der Waals surface area contributed by atoms with E-state index >= 15 is 0 Å². The molecular weight excluding hydrogens is 220 g/mol. The van der Waals surface area contributed by atoms with E-state index in [-0.39, 0.29) is 23.9 Å². The van der Waals surface area contributed by atoms with Gasteiger partial charge in [-0.3, -0.25) is 4.79 Å². The summed E-state index contributed by atoms with van der Waals surface area (Å²) in [4.78, 5) is 11.6. The van der Waals surface area contributed by atoms with Crippen LogP contribution in [0, 0.1) is 11.8 Å². The zero-order valence-corrected chi connectivity index (χ0v) is 9.07. The first-order valence-corrected chi connectivity index (χ1v) is 6.81. The highest BCUT2D eigenvalue weighted by Gasteiger charge is 2.44. The van der Waals surface area contributed by atoms with Crippen LogP contribution >= 0.6 is 0 Å². The van der Waals surface area contributed by atoms with E-state index in [0.717, 1.165) is 0 Å². The van der Waals surface area contributed by atoms with Gasteiger partial charge in [-0.25, -0.2) is 8.42 Å². The average Bonchev–Trinajstić information content (AvgIpc) is 2.40. The Morgan fingerprint density at radius 1 is 1.33 bits per heavy atom. The van der Waals surface area contributed by atoms with Gasteiger partial charge in [0.2, 0.25) is 0 Å². The number of carbonyl (C=O) groups excluding carboxylic acids is 1. The van der Waals surface area contributed by atoms with Crippen LogP contribution in [0.3, 0.4) is 0 Å². The fraction of sp³-hybridized carbons (Fsp3) is 0.889. The molecule has 2 heterocycles. The number of hydrogen-bond acceptors (Lipinski definition) is 5. The quantitative estimate of drug-likeness (QED) is 0.629. The molecule has 0 aromatic carbocycles. The van der Waals surface area contributed by atoms with Crippen molar-refractivity contribution in [1.29, 1.82) is 0 Å². The summed E-state index contributed by atoms with van der Waals surface area (Å²) in [6.45, 7) is 0.654. The Morgan fingerprint density at radius 3 is 2.60 bits per heavy atom. The highest BCUT2D eigenvalue weighted by molar-refractivity contribution is 7.91. The Balaban J connectivity index is 2.13. The monoisotopic (exact) mass is 234 g/mol. The molecule has 6 heteroatoms. The van der Waals surface area contributed by atoms with Crippen LogP contribution in [0.5, 0.6) is 0 Å². The Morgan fingerprint density at radius 2 is 2.07 bits per heavy atom. The van der Waals surface area contributed by atoms with E-state index in [1.807, 2.05) is 0 Å².